The number of hydrogen-bond donors (Lipinski definition) is 1. The minimum atomic E-state index is -0.0232. The monoisotopic (exact) mass is 228 g/mol. The van der Waals surface area contributed by atoms with Crippen LogP contribution in [0.4, 0.5) is 5.95 Å². The Morgan fingerprint density at radius 2 is 2.24 bits per heavy atom. The second-order valence-electron chi connectivity index (χ2n) is 3.88. The molecule has 0 aliphatic heterocycles. The number of nitrogens with zero attached hydrogens (tertiary/aromatic N) is 3. The van der Waals surface area contributed by atoms with E-state index >= 15 is 0 Å². The van der Waals surface area contributed by atoms with Crippen LogP contribution in [-0.4, -0.2) is 14.5 Å². The van der Waals surface area contributed by atoms with Gasteiger partial charge in [0, 0.05) is 6.20 Å². The van der Waals surface area contributed by atoms with Crippen LogP contribution in [0.5, 0.6) is 0 Å². The molecule has 3 rings (SSSR count). The molecular weight excluding hydrogens is 216 g/mol. The topological polar surface area (TPSA) is 69.9 Å². The third-order valence-electron chi connectivity index (χ3n) is 2.82. The number of nitrogens with two attached hydrogens (primary N) is 1. The van der Waals surface area contributed by atoms with E-state index in [9.17, 15) is 0 Å². The predicted octanol–water partition coefficient (Wildman–Crippen LogP) is 2.22. The second-order valence-corrected chi connectivity index (χ2v) is 3.88. The summed E-state index contributed by atoms with van der Waals surface area (Å²) >= 11 is 0. The molecule has 3 aromatic rings. The highest BCUT2D eigenvalue weighted by Gasteiger charge is 2.17. The summed E-state index contributed by atoms with van der Waals surface area (Å²) in [6, 6.07) is 7.48. The zero-order valence-corrected chi connectivity index (χ0v) is 9.37. The molecule has 0 aliphatic carbocycles. The number of anilines is 1. The van der Waals surface area contributed by atoms with Crippen LogP contribution in [0.1, 0.15) is 18.7 Å². The molecule has 0 radical (unpaired) electrons. The zero-order chi connectivity index (χ0) is 11.8. The first-order valence-electron chi connectivity index (χ1n) is 5.39. The van der Waals surface area contributed by atoms with Crippen LogP contribution >= 0.6 is 0 Å². The van der Waals surface area contributed by atoms with Gasteiger partial charge in [0.2, 0.25) is 5.95 Å². The summed E-state index contributed by atoms with van der Waals surface area (Å²) in [6.45, 7) is 2.00. The van der Waals surface area contributed by atoms with Gasteiger partial charge in [-0.15, -0.1) is 0 Å². The average Bonchev–Trinajstić information content (AvgIpc) is 2.94. The van der Waals surface area contributed by atoms with Crippen molar-refractivity contribution in [3.63, 3.8) is 0 Å². The number of rotatable bonds is 2. The predicted molar refractivity (Wildman–Crippen MR) is 64.5 cm³/mol. The van der Waals surface area contributed by atoms with Crippen LogP contribution in [0.3, 0.4) is 0 Å². The average molecular weight is 228 g/mol. The smallest absolute Gasteiger partial charge is 0.203 e. The highest BCUT2D eigenvalue weighted by molar-refractivity contribution is 5.74. The molecule has 3 aromatic heterocycles. The minimum Gasteiger partial charge on any atom is -0.467 e. The summed E-state index contributed by atoms with van der Waals surface area (Å²) in [5, 5.41) is 0. The van der Waals surface area contributed by atoms with Crippen LogP contribution in [-0.2, 0) is 0 Å². The lowest BCUT2D eigenvalue weighted by atomic mass is 10.2. The number of furan rings is 1. The normalized spacial score (nSPS) is 13.0. The SMILES string of the molecule is CC(c1ccco1)n1c(N)nc2cccnc21. The van der Waals surface area contributed by atoms with Crippen LogP contribution in [0.15, 0.2) is 41.1 Å². The Morgan fingerprint density at radius 1 is 1.35 bits per heavy atom. The van der Waals surface area contributed by atoms with Crippen LogP contribution < -0.4 is 5.73 Å². The second kappa shape index (κ2) is 3.62. The number of aromatic nitrogens is 3. The van der Waals surface area contributed by atoms with Crippen molar-refractivity contribution in [2.45, 2.75) is 13.0 Å². The summed E-state index contributed by atoms with van der Waals surface area (Å²) in [5.74, 6) is 1.28. The molecule has 5 heteroatoms. The molecule has 1 unspecified atom stereocenters. The number of pyridine rings is 1. The lowest BCUT2D eigenvalue weighted by Crippen LogP contribution is -2.10. The number of nitrogen functional groups attached to an aromatic ring is 1. The molecule has 2 N–H and O–H groups in total. The van der Waals surface area contributed by atoms with Crippen molar-refractivity contribution in [1.82, 2.24) is 14.5 Å². The molecule has 0 saturated carbocycles. The van der Waals surface area contributed by atoms with Crippen LogP contribution in [0, 0.1) is 0 Å². The van der Waals surface area contributed by atoms with Crippen molar-refractivity contribution >= 4 is 17.1 Å². The molecular formula is C12H12N4O. The first-order valence-corrected chi connectivity index (χ1v) is 5.39. The van der Waals surface area contributed by atoms with Gasteiger partial charge in [0.1, 0.15) is 11.3 Å². The molecule has 0 bridgehead atoms. The molecule has 5 nitrogen and oxygen atoms in total. The summed E-state index contributed by atoms with van der Waals surface area (Å²) in [7, 11) is 0. The third-order valence-corrected chi connectivity index (χ3v) is 2.82. The first-order chi connectivity index (χ1) is 8.27. The molecule has 0 fully saturated rings. The zero-order valence-electron chi connectivity index (χ0n) is 9.37. The standard InChI is InChI=1S/C12H12N4O/c1-8(10-5-3-7-17-10)16-11-9(15-12(16)13)4-2-6-14-11/h2-8H,1H3,(H2,13,15). The van der Waals surface area contributed by atoms with Crippen molar-refractivity contribution in [3.8, 4) is 0 Å². The van der Waals surface area contributed by atoms with Gasteiger partial charge in [-0.25, -0.2) is 9.97 Å². The van der Waals surface area contributed by atoms with Gasteiger partial charge in [-0.1, -0.05) is 0 Å². The van der Waals surface area contributed by atoms with Crippen molar-refractivity contribution in [2.24, 2.45) is 0 Å². The van der Waals surface area contributed by atoms with Gasteiger partial charge < -0.3 is 10.2 Å². The fourth-order valence-electron chi connectivity index (χ4n) is 1.99. The fourth-order valence-corrected chi connectivity index (χ4v) is 1.99. The van der Waals surface area contributed by atoms with Gasteiger partial charge >= 0.3 is 0 Å². The van der Waals surface area contributed by atoms with Gasteiger partial charge in [0.05, 0.1) is 12.3 Å². The van der Waals surface area contributed by atoms with Gasteiger partial charge in [-0.2, -0.15) is 0 Å². The first kappa shape index (κ1) is 9.89. The Morgan fingerprint density at radius 3 is 3.00 bits per heavy atom. The maximum Gasteiger partial charge on any atom is 0.203 e. The van der Waals surface area contributed by atoms with Crippen LogP contribution in [0.25, 0.3) is 11.2 Å². The summed E-state index contributed by atoms with van der Waals surface area (Å²) in [6.07, 6.45) is 3.38. The van der Waals surface area contributed by atoms with Crippen molar-refractivity contribution < 1.29 is 4.42 Å². The molecule has 0 saturated heterocycles. The van der Waals surface area contributed by atoms with E-state index < -0.39 is 0 Å². The quantitative estimate of drug-likeness (QED) is 0.730. The van der Waals surface area contributed by atoms with E-state index in [0.717, 1.165) is 16.9 Å². The summed E-state index contributed by atoms with van der Waals surface area (Å²) in [5.41, 5.74) is 7.50. The maximum absolute atomic E-state index is 5.93. The molecule has 0 spiro atoms. The molecule has 17 heavy (non-hydrogen) atoms. The van der Waals surface area contributed by atoms with E-state index in [2.05, 4.69) is 9.97 Å². The molecule has 1 atom stereocenters. The van der Waals surface area contributed by atoms with E-state index in [4.69, 9.17) is 10.2 Å². The Bertz CT molecular complexity index is 642. The van der Waals surface area contributed by atoms with Crippen molar-refractivity contribution in [3.05, 3.63) is 42.5 Å². The third kappa shape index (κ3) is 1.47. The van der Waals surface area contributed by atoms with E-state index in [-0.39, 0.29) is 6.04 Å². The molecule has 86 valence electrons. The molecule has 3 heterocycles. The van der Waals surface area contributed by atoms with E-state index in [1.807, 2.05) is 35.8 Å². The maximum atomic E-state index is 5.93. The number of hydrogen-bond acceptors (Lipinski definition) is 4. The van der Waals surface area contributed by atoms with Gasteiger partial charge in [0.15, 0.2) is 5.65 Å². The Balaban J connectivity index is 2.20. The van der Waals surface area contributed by atoms with Gasteiger partial charge in [-0.05, 0) is 31.2 Å². The Labute approximate surface area is 97.9 Å². The molecule has 0 aliphatic rings. The number of fused-ring (bicyclic) bond motifs is 1. The fraction of sp³-hybridized carbons (Fsp3) is 0.167. The lowest BCUT2D eigenvalue weighted by Gasteiger charge is -2.12. The molecule has 0 aromatic carbocycles. The number of imidazole rings is 1. The summed E-state index contributed by atoms with van der Waals surface area (Å²) < 4.78 is 7.26. The lowest BCUT2D eigenvalue weighted by molar-refractivity contribution is 0.452. The van der Waals surface area contributed by atoms with Crippen molar-refractivity contribution in [2.75, 3.05) is 5.73 Å². The van der Waals surface area contributed by atoms with Gasteiger partial charge in [-0.3, -0.25) is 4.57 Å². The van der Waals surface area contributed by atoms with Crippen molar-refractivity contribution in [1.29, 1.82) is 0 Å². The Hall–Kier alpha value is -2.30. The summed E-state index contributed by atoms with van der Waals surface area (Å²) in [4.78, 5) is 8.59. The van der Waals surface area contributed by atoms with E-state index in [0.29, 0.717) is 5.95 Å². The highest BCUT2D eigenvalue weighted by Crippen LogP contribution is 2.25. The van der Waals surface area contributed by atoms with E-state index in [1.165, 1.54) is 0 Å². The van der Waals surface area contributed by atoms with Gasteiger partial charge in [0.25, 0.3) is 0 Å². The highest BCUT2D eigenvalue weighted by atomic mass is 16.3. The minimum absolute atomic E-state index is 0.0232. The van der Waals surface area contributed by atoms with E-state index in [1.54, 1.807) is 12.5 Å². The largest absolute Gasteiger partial charge is 0.467 e. The Kier molecular flexibility index (Phi) is 2.11. The molecule has 0 amide bonds. The van der Waals surface area contributed by atoms with Crippen LogP contribution in [0.2, 0.25) is 0 Å².